The highest BCUT2D eigenvalue weighted by molar-refractivity contribution is 7.17. The maximum Gasteiger partial charge on any atom is 0.267 e. The minimum Gasteiger partial charge on any atom is -0.347 e. The number of aromatic nitrogens is 1. The molecule has 0 saturated carbocycles. The molecule has 1 heterocycles. The number of carbonyl (C=O) groups is 2. The molecule has 0 aliphatic carbocycles. The molecule has 6 heteroatoms. The van der Waals surface area contributed by atoms with E-state index < -0.39 is 0 Å². The molecule has 0 bridgehead atoms. The molecule has 2 aromatic carbocycles. The second-order valence-electron chi connectivity index (χ2n) is 7.54. The van der Waals surface area contributed by atoms with Crippen molar-refractivity contribution in [1.29, 1.82) is 0 Å². The molecule has 0 saturated heterocycles. The molecule has 1 aromatic heterocycles. The van der Waals surface area contributed by atoms with Crippen LogP contribution in [0.5, 0.6) is 0 Å². The van der Waals surface area contributed by atoms with Crippen molar-refractivity contribution in [3.8, 4) is 10.6 Å². The number of hydrogen-bond acceptors (Lipinski definition) is 4. The lowest BCUT2D eigenvalue weighted by Gasteiger charge is -2.20. The summed E-state index contributed by atoms with van der Waals surface area (Å²) in [5.74, 6) is -0.347. The molecule has 144 valence electrons. The third-order valence-corrected chi connectivity index (χ3v) is 5.12. The van der Waals surface area contributed by atoms with Gasteiger partial charge >= 0.3 is 0 Å². The molecule has 5 nitrogen and oxygen atoms in total. The zero-order valence-electron chi connectivity index (χ0n) is 16.4. The van der Waals surface area contributed by atoms with Gasteiger partial charge in [-0.15, -0.1) is 11.3 Å². The zero-order valence-corrected chi connectivity index (χ0v) is 17.2. The van der Waals surface area contributed by atoms with E-state index in [4.69, 9.17) is 0 Å². The van der Waals surface area contributed by atoms with E-state index in [-0.39, 0.29) is 17.4 Å². The molecule has 0 radical (unpaired) electrons. The van der Waals surface area contributed by atoms with E-state index in [9.17, 15) is 9.59 Å². The average Bonchev–Trinajstić information content (AvgIpc) is 3.03. The number of nitrogens with zero attached hydrogens (tertiary/aromatic N) is 1. The van der Waals surface area contributed by atoms with E-state index in [1.165, 1.54) is 11.3 Å². The predicted octanol–water partition coefficient (Wildman–Crippen LogP) is 4.90. The summed E-state index contributed by atoms with van der Waals surface area (Å²) in [6.07, 6.45) is 0. The minimum atomic E-state index is -0.301. The largest absolute Gasteiger partial charge is 0.347 e. The van der Waals surface area contributed by atoms with Gasteiger partial charge in [0.25, 0.3) is 11.8 Å². The zero-order chi connectivity index (χ0) is 20.3. The third-order valence-electron chi connectivity index (χ3n) is 3.92. The van der Waals surface area contributed by atoms with Crippen LogP contribution in [0.15, 0.2) is 54.6 Å². The third kappa shape index (κ3) is 4.84. The lowest BCUT2D eigenvalue weighted by Crippen LogP contribution is -2.40. The second kappa shape index (κ2) is 7.94. The lowest BCUT2D eigenvalue weighted by atomic mass is 10.1. The van der Waals surface area contributed by atoms with Crippen LogP contribution >= 0.6 is 11.3 Å². The average molecular weight is 394 g/mol. The van der Waals surface area contributed by atoms with Crippen molar-refractivity contribution in [1.82, 2.24) is 10.3 Å². The van der Waals surface area contributed by atoms with Gasteiger partial charge < -0.3 is 10.6 Å². The van der Waals surface area contributed by atoms with Crippen LogP contribution in [0.25, 0.3) is 10.6 Å². The number of hydrogen-bond donors (Lipinski definition) is 2. The van der Waals surface area contributed by atoms with Gasteiger partial charge in [0, 0.05) is 22.4 Å². The highest BCUT2D eigenvalue weighted by atomic mass is 32.1. The van der Waals surface area contributed by atoms with Gasteiger partial charge in [-0.1, -0.05) is 30.3 Å². The molecule has 2 amide bonds. The summed E-state index contributed by atoms with van der Waals surface area (Å²) in [4.78, 5) is 30.0. The molecular weight excluding hydrogens is 370 g/mol. The Bertz CT molecular complexity index is 987. The number of carbonyl (C=O) groups excluding carboxylic acids is 2. The smallest absolute Gasteiger partial charge is 0.267 e. The van der Waals surface area contributed by atoms with E-state index in [0.29, 0.717) is 21.8 Å². The molecule has 28 heavy (non-hydrogen) atoms. The van der Waals surface area contributed by atoms with Crippen LogP contribution in [-0.4, -0.2) is 22.3 Å². The Morgan fingerprint density at radius 1 is 0.929 bits per heavy atom. The summed E-state index contributed by atoms with van der Waals surface area (Å²) < 4.78 is 0. The summed E-state index contributed by atoms with van der Waals surface area (Å²) in [5, 5.41) is 6.61. The summed E-state index contributed by atoms with van der Waals surface area (Å²) in [6, 6.07) is 16.6. The van der Waals surface area contributed by atoms with Crippen LogP contribution in [0.3, 0.4) is 0 Å². The van der Waals surface area contributed by atoms with Crippen molar-refractivity contribution in [2.45, 2.75) is 33.2 Å². The first-order valence-corrected chi connectivity index (χ1v) is 9.81. The van der Waals surface area contributed by atoms with Crippen LogP contribution in [0.1, 0.15) is 46.5 Å². The highest BCUT2D eigenvalue weighted by Crippen LogP contribution is 2.28. The van der Waals surface area contributed by atoms with Crippen LogP contribution in [0, 0.1) is 6.92 Å². The molecule has 0 aliphatic rings. The van der Waals surface area contributed by atoms with Crippen LogP contribution in [0.4, 0.5) is 5.69 Å². The summed E-state index contributed by atoms with van der Waals surface area (Å²) >= 11 is 1.37. The Kier molecular flexibility index (Phi) is 5.61. The van der Waals surface area contributed by atoms with Crippen molar-refractivity contribution in [3.05, 3.63) is 70.7 Å². The monoisotopic (exact) mass is 393 g/mol. The summed E-state index contributed by atoms with van der Waals surface area (Å²) in [6.45, 7) is 7.62. The molecule has 0 spiro atoms. The number of rotatable bonds is 4. The minimum absolute atomic E-state index is 0.142. The van der Waals surface area contributed by atoms with Crippen LogP contribution < -0.4 is 10.6 Å². The van der Waals surface area contributed by atoms with E-state index >= 15 is 0 Å². The van der Waals surface area contributed by atoms with E-state index in [2.05, 4.69) is 15.6 Å². The Labute approximate surface area is 168 Å². The van der Waals surface area contributed by atoms with Gasteiger partial charge in [0.05, 0.1) is 5.69 Å². The Balaban J connectivity index is 1.72. The van der Waals surface area contributed by atoms with Crippen molar-refractivity contribution in [3.63, 3.8) is 0 Å². The second-order valence-corrected chi connectivity index (χ2v) is 8.53. The van der Waals surface area contributed by atoms with Crippen LogP contribution in [0.2, 0.25) is 0 Å². The predicted molar refractivity (Wildman–Crippen MR) is 114 cm³/mol. The highest BCUT2D eigenvalue weighted by Gasteiger charge is 2.17. The molecule has 3 aromatic rings. The molecule has 0 atom stereocenters. The summed E-state index contributed by atoms with van der Waals surface area (Å²) in [7, 11) is 0. The first kappa shape index (κ1) is 19.8. The fraction of sp³-hybridized carbons (Fsp3) is 0.227. The first-order chi connectivity index (χ1) is 13.2. The van der Waals surface area contributed by atoms with Gasteiger partial charge in [-0.3, -0.25) is 9.59 Å². The topological polar surface area (TPSA) is 71.1 Å². The molecule has 0 fully saturated rings. The van der Waals surface area contributed by atoms with Gasteiger partial charge in [0.2, 0.25) is 0 Å². The Morgan fingerprint density at radius 3 is 2.18 bits per heavy atom. The number of aryl methyl sites for hydroxylation is 1. The number of thiazole rings is 1. The van der Waals surface area contributed by atoms with Crippen molar-refractivity contribution in [2.24, 2.45) is 0 Å². The lowest BCUT2D eigenvalue weighted by molar-refractivity contribution is 0.0919. The normalized spacial score (nSPS) is 11.1. The standard InChI is InChI=1S/C22H23N3O2S/c1-14-18(28-21(23-14)16-8-6-5-7-9-16)20(27)24-17-12-10-15(11-13-17)19(26)25-22(2,3)4/h5-13H,1-4H3,(H,24,27)(H,25,26). The quantitative estimate of drug-likeness (QED) is 0.662. The summed E-state index contributed by atoms with van der Waals surface area (Å²) in [5.41, 5.74) is 2.57. The maximum absolute atomic E-state index is 12.7. The van der Waals surface area contributed by atoms with E-state index in [1.54, 1.807) is 24.3 Å². The molecule has 3 rings (SSSR count). The Morgan fingerprint density at radius 2 is 1.57 bits per heavy atom. The SMILES string of the molecule is Cc1nc(-c2ccccc2)sc1C(=O)Nc1ccc(C(=O)NC(C)(C)C)cc1. The number of benzene rings is 2. The first-order valence-electron chi connectivity index (χ1n) is 9.00. The van der Waals surface area contributed by atoms with Gasteiger partial charge in [-0.2, -0.15) is 0 Å². The number of anilines is 1. The van der Waals surface area contributed by atoms with Gasteiger partial charge in [0.15, 0.2) is 0 Å². The number of amides is 2. The maximum atomic E-state index is 12.7. The fourth-order valence-corrected chi connectivity index (χ4v) is 3.58. The van der Waals surface area contributed by atoms with Crippen molar-refractivity contribution >= 4 is 28.8 Å². The molecule has 0 aliphatic heterocycles. The van der Waals surface area contributed by atoms with Gasteiger partial charge in [-0.05, 0) is 52.0 Å². The van der Waals surface area contributed by atoms with E-state index in [0.717, 1.165) is 10.6 Å². The Hall–Kier alpha value is -2.99. The van der Waals surface area contributed by atoms with Gasteiger partial charge in [0.1, 0.15) is 9.88 Å². The molecular formula is C22H23N3O2S. The fourth-order valence-electron chi connectivity index (χ4n) is 2.62. The van der Waals surface area contributed by atoms with Gasteiger partial charge in [-0.25, -0.2) is 4.98 Å². The van der Waals surface area contributed by atoms with Crippen LogP contribution in [-0.2, 0) is 0 Å². The van der Waals surface area contributed by atoms with E-state index in [1.807, 2.05) is 58.0 Å². The number of nitrogens with one attached hydrogen (secondary N) is 2. The molecule has 0 unspecified atom stereocenters. The van der Waals surface area contributed by atoms with Crippen molar-refractivity contribution in [2.75, 3.05) is 5.32 Å². The molecule has 2 N–H and O–H groups in total. The van der Waals surface area contributed by atoms with Crippen molar-refractivity contribution < 1.29 is 9.59 Å².